The third-order valence-electron chi connectivity index (χ3n) is 3.14. The molecule has 1 amide bonds. The lowest BCUT2D eigenvalue weighted by atomic mass is 10.2. The Balaban J connectivity index is 1.80. The number of aromatic amines is 1. The maximum Gasteiger partial charge on any atom is 0.226 e. The third-order valence-corrected chi connectivity index (χ3v) is 3.14. The number of rotatable bonds is 3. The number of carbonyl (C=O) groups is 1. The Labute approximate surface area is 99.4 Å². The normalized spacial score (nSPS) is 15.1. The van der Waals surface area contributed by atoms with E-state index in [2.05, 4.69) is 15.3 Å². The predicted octanol–water partition coefficient (Wildman–Crippen LogP) is 2.61. The van der Waals surface area contributed by atoms with Gasteiger partial charge in [0.2, 0.25) is 11.9 Å². The summed E-state index contributed by atoms with van der Waals surface area (Å²) in [5.41, 5.74) is 3.00. The second kappa shape index (κ2) is 3.87. The predicted molar refractivity (Wildman–Crippen MR) is 66.8 cm³/mol. The number of nitrogens with zero attached hydrogens (tertiary/aromatic N) is 1. The van der Waals surface area contributed by atoms with Crippen molar-refractivity contribution >= 4 is 22.9 Å². The average molecular weight is 229 g/mol. The van der Waals surface area contributed by atoms with Crippen LogP contribution < -0.4 is 5.32 Å². The van der Waals surface area contributed by atoms with E-state index in [9.17, 15) is 4.79 Å². The molecule has 17 heavy (non-hydrogen) atoms. The van der Waals surface area contributed by atoms with Crippen molar-refractivity contribution in [1.29, 1.82) is 0 Å². The summed E-state index contributed by atoms with van der Waals surface area (Å²) >= 11 is 0. The highest BCUT2D eigenvalue weighted by Crippen LogP contribution is 2.32. The summed E-state index contributed by atoms with van der Waals surface area (Å²) in [6, 6.07) is 5.95. The Bertz CT molecular complexity index is 569. The van der Waals surface area contributed by atoms with Crippen LogP contribution >= 0.6 is 0 Å². The third kappa shape index (κ3) is 2.16. The summed E-state index contributed by atoms with van der Waals surface area (Å²) in [6.07, 6.45) is 3.00. The van der Waals surface area contributed by atoms with Crippen LogP contribution in [0.5, 0.6) is 0 Å². The lowest BCUT2D eigenvalue weighted by molar-refractivity contribution is -0.116. The van der Waals surface area contributed by atoms with Crippen LogP contribution in [0, 0.1) is 12.8 Å². The minimum absolute atomic E-state index is 0.0595. The van der Waals surface area contributed by atoms with E-state index >= 15 is 0 Å². The number of aromatic nitrogens is 2. The fourth-order valence-electron chi connectivity index (χ4n) is 2.00. The first kappa shape index (κ1) is 10.3. The number of amides is 1. The Morgan fingerprint density at radius 2 is 2.35 bits per heavy atom. The van der Waals surface area contributed by atoms with Gasteiger partial charge in [0.1, 0.15) is 0 Å². The van der Waals surface area contributed by atoms with Gasteiger partial charge < -0.3 is 4.98 Å². The molecular formula is C13H15N3O. The van der Waals surface area contributed by atoms with Crippen molar-refractivity contribution in [1.82, 2.24) is 9.97 Å². The van der Waals surface area contributed by atoms with Crippen molar-refractivity contribution in [3.63, 3.8) is 0 Å². The molecule has 0 spiro atoms. The second-order valence-corrected chi connectivity index (χ2v) is 4.75. The Kier molecular flexibility index (Phi) is 2.35. The molecule has 0 saturated heterocycles. The smallest absolute Gasteiger partial charge is 0.226 e. The molecule has 0 bridgehead atoms. The summed E-state index contributed by atoms with van der Waals surface area (Å²) in [6.45, 7) is 2.01. The number of hydrogen-bond donors (Lipinski definition) is 2. The first-order chi connectivity index (χ1) is 8.22. The van der Waals surface area contributed by atoms with Crippen LogP contribution in [-0.4, -0.2) is 15.9 Å². The molecule has 1 fully saturated rings. The minimum atomic E-state index is 0.0595. The van der Waals surface area contributed by atoms with Crippen molar-refractivity contribution in [3.05, 3.63) is 23.8 Å². The van der Waals surface area contributed by atoms with E-state index in [1.54, 1.807) is 0 Å². The molecule has 4 heteroatoms. The number of anilines is 1. The van der Waals surface area contributed by atoms with Crippen molar-refractivity contribution in [2.45, 2.75) is 26.2 Å². The molecule has 0 radical (unpaired) electrons. The van der Waals surface area contributed by atoms with Crippen LogP contribution in [0.1, 0.15) is 24.8 Å². The van der Waals surface area contributed by atoms with Gasteiger partial charge in [-0.1, -0.05) is 12.1 Å². The van der Waals surface area contributed by atoms with E-state index in [-0.39, 0.29) is 5.91 Å². The van der Waals surface area contributed by atoms with Crippen molar-refractivity contribution in [2.75, 3.05) is 5.32 Å². The van der Waals surface area contributed by atoms with Gasteiger partial charge in [-0.2, -0.15) is 0 Å². The average Bonchev–Trinajstić information content (AvgIpc) is 2.97. The molecular weight excluding hydrogens is 214 g/mol. The molecule has 4 nitrogen and oxygen atoms in total. The monoisotopic (exact) mass is 229 g/mol. The number of para-hydroxylation sites is 1. The second-order valence-electron chi connectivity index (χ2n) is 4.75. The van der Waals surface area contributed by atoms with Gasteiger partial charge in [-0.3, -0.25) is 10.1 Å². The number of benzene rings is 1. The highest BCUT2D eigenvalue weighted by Gasteiger charge is 2.24. The molecule has 0 unspecified atom stereocenters. The zero-order chi connectivity index (χ0) is 11.8. The molecule has 1 aromatic carbocycles. The highest BCUT2D eigenvalue weighted by atomic mass is 16.1. The van der Waals surface area contributed by atoms with Crippen LogP contribution in [0.25, 0.3) is 11.0 Å². The SMILES string of the molecule is Cc1cccc2[nH]c(NC(=O)CC3CC3)nc12. The molecule has 1 aliphatic carbocycles. The van der Waals surface area contributed by atoms with Crippen LogP contribution in [0.15, 0.2) is 18.2 Å². The van der Waals surface area contributed by atoms with Gasteiger partial charge >= 0.3 is 0 Å². The number of carbonyl (C=O) groups excluding carboxylic acids is 1. The molecule has 1 aliphatic rings. The number of hydrogen-bond acceptors (Lipinski definition) is 2. The number of H-pyrrole nitrogens is 1. The van der Waals surface area contributed by atoms with E-state index in [0.717, 1.165) is 16.6 Å². The molecule has 3 rings (SSSR count). The van der Waals surface area contributed by atoms with Crippen LogP contribution in [0.4, 0.5) is 5.95 Å². The molecule has 2 N–H and O–H groups in total. The lowest BCUT2D eigenvalue weighted by Crippen LogP contribution is -2.12. The van der Waals surface area contributed by atoms with Gasteiger partial charge in [0.05, 0.1) is 11.0 Å². The molecule has 0 atom stereocenters. The van der Waals surface area contributed by atoms with E-state index in [1.165, 1.54) is 12.8 Å². The fourth-order valence-corrected chi connectivity index (χ4v) is 2.00. The van der Waals surface area contributed by atoms with E-state index in [4.69, 9.17) is 0 Å². The van der Waals surface area contributed by atoms with E-state index in [1.807, 2.05) is 25.1 Å². The van der Waals surface area contributed by atoms with Gasteiger partial charge in [-0.25, -0.2) is 4.98 Å². The summed E-state index contributed by atoms with van der Waals surface area (Å²) in [7, 11) is 0. The summed E-state index contributed by atoms with van der Waals surface area (Å²) in [4.78, 5) is 19.2. The standard InChI is InChI=1S/C13H15N3O/c1-8-3-2-4-10-12(8)16-13(14-10)15-11(17)7-9-5-6-9/h2-4,9H,5-7H2,1H3,(H2,14,15,16,17). The largest absolute Gasteiger partial charge is 0.324 e. The van der Waals surface area contributed by atoms with Crippen molar-refractivity contribution < 1.29 is 4.79 Å². The summed E-state index contributed by atoms with van der Waals surface area (Å²) < 4.78 is 0. The topological polar surface area (TPSA) is 57.8 Å². The molecule has 1 heterocycles. The zero-order valence-electron chi connectivity index (χ0n) is 9.79. The highest BCUT2D eigenvalue weighted by molar-refractivity contribution is 5.91. The Hall–Kier alpha value is -1.84. The summed E-state index contributed by atoms with van der Waals surface area (Å²) in [5.74, 6) is 1.21. The molecule has 88 valence electrons. The summed E-state index contributed by atoms with van der Waals surface area (Å²) in [5, 5.41) is 2.82. The van der Waals surface area contributed by atoms with Gasteiger partial charge in [-0.15, -0.1) is 0 Å². The van der Waals surface area contributed by atoms with Gasteiger partial charge in [0, 0.05) is 6.42 Å². The van der Waals surface area contributed by atoms with Crippen molar-refractivity contribution in [3.8, 4) is 0 Å². The first-order valence-corrected chi connectivity index (χ1v) is 5.97. The zero-order valence-corrected chi connectivity index (χ0v) is 9.79. The van der Waals surface area contributed by atoms with Crippen LogP contribution in [0.3, 0.4) is 0 Å². The van der Waals surface area contributed by atoms with E-state index < -0.39 is 0 Å². The van der Waals surface area contributed by atoms with E-state index in [0.29, 0.717) is 18.3 Å². The van der Waals surface area contributed by atoms with Gasteiger partial charge in [-0.05, 0) is 37.3 Å². The van der Waals surface area contributed by atoms with Gasteiger partial charge in [0.25, 0.3) is 0 Å². The number of aryl methyl sites for hydroxylation is 1. The number of nitrogens with one attached hydrogen (secondary N) is 2. The maximum absolute atomic E-state index is 11.7. The molecule has 2 aromatic rings. The maximum atomic E-state index is 11.7. The lowest BCUT2D eigenvalue weighted by Gasteiger charge is -1.99. The van der Waals surface area contributed by atoms with Crippen molar-refractivity contribution in [2.24, 2.45) is 5.92 Å². The molecule has 1 saturated carbocycles. The minimum Gasteiger partial charge on any atom is -0.324 e. The van der Waals surface area contributed by atoms with Crippen LogP contribution in [0.2, 0.25) is 0 Å². The Morgan fingerprint density at radius 1 is 1.53 bits per heavy atom. The molecule has 1 aromatic heterocycles. The Morgan fingerprint density at radius 3 is 3.06 bits per heavy atom. The quantitative estimate of drug-likeness (QED) is 0.850. The first-order valence-electron chi connectivity index (χ1n) is 5.97. The number of imidazole rings is 1. The molecule has 0 aliphatic heterocycles. The van der Waals surface area contributed by atoms with Crippen LogP contribution in [-0.2, 0) is 4.79 Å². The number of fused-ring (bicyclic) bond motifs is 1. The van der Waals surface area contributed by atoms with Gasteiger partial charge in [0.15, 0.2) is 0 Å². The fraction of sp³-hybridized carbons (Fsp3) is 0.385.